The van der Waals surface area contributed by atoms with Crippen LogP contribution in [0.3, 0.4) is 0 Å². The minimum Gasteiger partial charge on any atom is -0.477 e. The molecule has 0 saturated heterocycles. The molecule has 4 heteroatoms. The molecular formula is C20H20N2O2. The summed E-state index contributed by atoms with van der Waals surface area (Å²) in [5.74, 6) is 0.176. The molecule has 3 rings (SSSR count). The molecule has 0 spiro atoms. The molecule has 1 amide bonds. The molecule has 1 atom stereocenters. The minimum atomic E-state index is -0.188. The van der Waals surface area contributed by atoms with Crippen molar-refractivity contribution in [3.05, 3.63) is 71.9 Å². The molecule has 0 aliphatic heterocycles. The first-order valence-electron chi connectivity index (χ1n) is 8.06. The maximum atomic E-state index is 12.6. The van der Waals surface area contributed by atoms with Crippen LogP contribution < -0.4 is 10.1 Å². The van der Waals surface area contributed by atoms with E-state index in [9.17, 15) is 4.79 Å². The van der Waals surface area contributed by atoms with E-state index in [1.807, 2.05) is 32.0 Å². The minimum absolute atomic E-state index is 0.114. The Kier molecular flexibility index (Phi) is 4.75. The lowest BCUT2D eigenvalue weighted by atomic mass is 10.0. The molecule has 4 nitrogen and oxygen atoms in total. The third kappa shape index (κ3) is 3.38. The molecule has 0 aliphatic rings. The van der Waals surface area contributed by atoms with E-state index in [1.165, 1.54) is 5.39 Å². The molecule has 3 aromatic rings. The summed E-state index contributed by atoms with van der Waals surface area (Å²) in [5, 5.41) is 5.36. The van der Waals surface area contributed by atoms with Gasteiger partial charge in [-0.05, 0) is 48.4 Å². The molecule has 1 unspecified atom stereocenters. The molecule has 1 heterocycles. The standard InChI is InChI=1S/C20H20N2O2/c1-3-24-20-18(9-6-12-21-20)19(23)22-14(2)16-11-10-15-7-4-5-8-17(15)13-16/h4-14H,3H2,1-2H3,(H,22,23). The number of rotatable bonds is 5. The van der Waals surface area contributed by atoms with Crippen LogP contribution in [0.2, 0.25) is 0 Å². The average Bonchev–Trinajstić information content (AvgIpc) is 2.62. The van der Waals surface area contributed by atoms with Crippen molar-refractivity contribution in [2.75, 3.05) is 6.61 Å². The number of ether oxygens (including phenoxy) is 1. The summed E-state index contributed by atoms with van der Waals surface area (Å²) in [6, 6.07) is 17.7. The summed E-state index contributed by atoms with van der Waals surface area (Å²) in [5.41, 5.74) is 1.51. The van der Waals surface area contributed by atoms with Crippen LogP contribution in [0.5, 0.6) is 5.88 Å². The number of amides is 1. The van der Waals surface area contributed by atoms with Crippen LogP contribution in [-0.4, -0.2) is 17.5 Å². The molecule has 1 aromatic heterocycles. The first-order chi connectivity index (χ1) is 11.7. The molecule has 0 bridgehead atoms. The summed E-state index contributed by atoms with van der Waals surface area (Å²) < 4.78 is 5.43. The number of nitrogens with zero attached hydrogens (tertiary/aromatic N) is 1. The number of pyridine rings is 1. The van der Waals surface area contributed by atoms with Gasteiger partial charge in [-0.15, -0.1) is 0 Å². The number of hydrogen-bond acceptors (Lipinski definition) is 3. The van der Waals surface area contributed by atoms with E-state index in [0.29, 0.717) is 18.1 Å². The van der Waals surface area contributed by atoms with Crippen LogP contribution in [0.4, 0.5) is 0 Å². The van der Waals surface area contributed by atoms with Crippen molar-refractivity contribution >= 4 is 16.7 Å². The molecule has 2 aromatic carbocycles. The van der Waals surface area contributed by atoms with Gasteiger partial charge in [0.25, 0.3) is 5.91 Å². The van der Waals surface area contributed by atoms with E-state index in [0.717, 1.165) is 10.9 Å². The lowest BCUT2D eigenvalue weighted by Gasteiger charge is -2.16. The number of aromatic nitrogens is 1. The van der Waals surface area contributed by atoms with Crippen molar-refractivity contribution in [2.24, 2.45) is 0 Å². The molecule has 122 valence electrons. The lowest BCUT2D eigenvalue weighted by Crippen LogP contribution is -2.27. The number of hydrogen-bond donors (Lipinski definition) is 1. The second-order valence-corrected chi connectivity index (χ2v) is 5.59. The smallest absolute Gasteiger partial charge is 0.257 e. The van der Waals surface area contributed by atoms with Crippen LogP contribution in [0.25, 0.3) is 10.8 Å². The van der Waals surface area contributed by atoms with Gasteiger partial charge in [-0.1, -0.05) is 36.4 Å². The highest BCUT2D eigenvalue weighted by Crippen LogP contribution is 2.21. The number of nitrogens with one attached hydrogen (secondary N) is 1. The fraction of sp³-hybridized carbons (Fsp3) is 0.200. The molecule has 24 heavy (non-hydrogen) atoms. The Balaban J connectivity index is 1.80. The molecule has 0 aliphatic carbocycles. The van der Waals surface area contributed by atoms with Crippen LogP contribution in [-0.2, 0) is 0 Å². The van der Waals surface area contributed by atoms with Gasteiger partial charge in [0.15, 0.2) is 0 Å². The second-order valence-electron chi connectivity index (χ2n) is 5.59. The Morgan fingerprint density at radius 1 is 1.12 bits per heavy atom. The van der Waals surface area contributed by atoms with Crippen LogP contribution in [0.1, 0.15) is 35.8 Å². The van der Waals surface area contributed by atoms with Crippen LogP contribution >= 0.6 is 0 Å². The Bertz CT molecular complexity index is 861. The summed E-state index contributed by atoms with van der Waals surface area (Å²) in [4.78, 5) is 16.7. The molecule has 1 N–H and O–H groups in total. The molecular weight excluding hydrogens is 300 g/mol. The topological polar surface area (TPSA) is 51.2 Å². The van der Waals surface area contributed by atoms with Gasteiger partial charge in [0.2, 0.25) is 5.88 Å². The monoisotopic (exact) mass is 320 g/mol. The van der Waals surface area contributed by atoms with Gasteiger partial charge in [0.05, 0.1) is 12.6 Å². The Labute approximate surface area is 141 Å². The predicted octanol–water partition coefficient (Wildman–Crippen LogP) is 4.12. The molecule has 0 radical (unpaired) electrons. The van der Waals surface area contributed by atoms with Gasteiger partial charge in [-0.3, -0.25) is 4.79 Å². The highest BCUT2D eigenvalue weighted by Gasteiger charge is 2.16. The van der Waals surface area contributed by atoms with Crippen molar-refractivity contribution < 1.29 is 9.53 Å². The fourth-order valence-corrected chi connectivity index (χ4v) is 2.65. The van der Waals surface area contributed by atoms with Gasteiger partial charge in [0, 0.05) is 6.20 Å². The summed E-state index contributed by atoms with van der Waals surface area (Å²) >= 11 is 0. The largest absolute Gasteiger partial charge is 0.477 e. The van der Waals surface area contributed by atoms with E-state index in [4.69, 9.17) is 4.74 Å². The second kappa shape index (κ2) is 7.13. The number of carbonyl (C=O) groups is 1. The lowest BCUT2D eigenvalue weighted by molar-refractivity contribution is 0.0935. The van der Waals surface area contributed by atoms with Crippen molar-refractivity contribution in [1.82, 2.24) is 10.3 Å². The van der Waals surface area contributed by atoms with Crippen molar-refractivity contribution in [3.63, 3.8) is 0 Å². The van der Waals surface area contributed by atoms with E-state index in [2.05, 4.69) is 34.6 Å². The third-order valence-electron chi connectivity index (χ3n) is 3.92. The van der Waals surface area contributed by atoms with Gasteiger partial charge < -0.3 is 10.1 Å². The van der Waals surface area contributed by atoms with Crippen LogP contribution in [0, 0.1) is 0 Å². The molecule has 0 saturated carbocycles. The van der Waals surface area contributed by atoms with Crippen molar-refractivity contribution in [3.8, 4) is 5.88 Å². The molecule has 0 fully saturated rings. The Morgan fingerprint density at radius 3 is 2.71 bits per heavy atom. The number of fused-ring (bicyclic) bond motifs is 1. The van der Waals surface area contributed by atoms with Gasteiger partial charge in [0.1, 0.15) is 5.56 Å². The van der Waals surface area contributed by atoms with E-state index in [-0.39, 0.29) is 11.9 Å². The van der Waals surface area contributed by atoms with Crippen molar-refractivity contribution in [1.29, 1.82) is 0 Å². The highest BCUT2D eigenvalue weighted by molar-refractivity contribution is 5.96. The summed E-state index contributed by atoms with van der Waals surface area (Å²) in [7, 11) is 0. The number of carbonyl (C=O) groups excluding carboxylic acids is 1. The third-order valence-corrected chi connectivity index (χ3v) is 3.92. The van der Waals surface area contributed by atoms with Gasteiger partial charge >= 0.3 is 0 Å². The van der Waals surface area contributed by atoms with E-state index in [1.54, 1.807) is 18.3 Å². The zero-order valence-electron chi connectivity index (χ0n) is 13.8. The van der Waals surface area contributed by atoms with Crippen LogP contribution in [0.15, 0.2) is 60.8 Å². The van der Waals surface area contributed by atoms with E-state index >= 15 is 0 Å². The maximum absolute atomic E-state index is 12.6. The number of benzene rings is 2. The fourth-order valence-electron chi connectivity index (χ4n) is 2.65. The Morgan fingerprint density at radius 2 is 1.92 bits per heavy atom. The normalized spacial score (nSPS) is 11.9. The highest BCUT2D eigenvalue weighted by atomic mass is 16.5. The maximum Gasteiger partial charge on any atom is 0.257 e. The van der Waals surface area contributed by atoms with E-state index < -0.39 is 0 Å². The Hall–Kier alpha value is -2.88. The summed E-state index contributed by atoms with van der Waals surface area (Å²) in [6.45, 7) is 4.31. The quantitative estimate of drug-likeness (QED) is 0.769. The van der Waals surface area contributed by atoms with Gasteiger partial charge in [-0.25, -0.2) is 4.98 Å². The first-order valence-corrected chi connectivity index (χ1v) is 8.06. The SMILES string of the molecule is CCOc1ncccc1C(=O)NC(C)c1ccc2ccccc2c1. The average molecular weight is 320 g/mol. The zero-order chi connectivity index (χ0) is 16.9. The van der Waals surface area contributed by atoms with Gasteiger partial charge in [-0.2, -0.15) is 0 Å². The first kappa shape index (κ1) is 16.0. The summed E-state index contributed by atoms with van der Waals surface area (Å²) in [6.07, 6.45) is 1.62. The zero-order valence-corrected chi connectivity index (χ0v) is 13.8. The van der Waals surface area contributed by atoms with Crippen molar-refractivity contribution in [2.45, 2.75) is 19.9 Å². The predicted molar refractivity (Wildman–Crippen MR) is 95.2 cm³/mol.